The first-order valence-corrected chi connectivity index (χ1v) is 9.38. The number of hydrogen-bond acceptors (Lipinski definition) is 8. The molecule has 1 unspecified atom stereocenters. The van der Waals surface area contributed by atoms with Gasteiger partial charge >= 0.3 is 13.9 Å². The molecule has 12 heteroatoms. The number of aromatic nitrogens is 2. The van der Waals surface area contributed by atoms with Gasteiger partial charge in [-0.1, -0.05) is 24.1 Å². The molecule has 5 atom stereocenters. The number of benzene rings is 1. The third kappa shape index (κ3) is 4.03. The summed E-state index contributed by atoms with van der Waals surface area (Å²) < 4.78 is 42.6. The number of terminal acetylenes is 1. The number of aromatic amines is 1. The summed E-state index contributed by atoms with van der Waals surface area (Å²) in [5.41, 5.74) is -4.51. The summed E-state index contributed by atoms with van der Waals surface area (Å²) in [5, 5.41) is 20.8. The van der Waals surface area contributed by atoms with E-state index >= 15 is 4.39 Å². The van der Waals surface area contributed by atoms with Crippen LogP contribution in [-0.2, 0) is 13.8 Å². The molecule has 29 heavy (non-hydrogen) atoms. The van der Waals surface area contributed by atoms with Gasteiger partial charge < -0.3 is 19.5 Å². The van der Waals surface area contributed by atoms with Crippen molar-refractivity contribution >= 4 is 8.25 Å². The minimum Gasteiger partial charge on any atom is -0.426 e. The van der Waals surface area contributed by atoms with Crippen LogP contribution >= 0.6 is 8.25 Å². The van der Waals surface area contributed by atoms with Gasteiger partial charge in [0.1, 0.15) is 12.4 Å². The molecule has 2 aromatic rings. The smallest absolute Gasteiger partial charge is 0.368 e. The Morgan fingerprint density at radius 3 is 2.66 bits per heavy atom. The number of para-hydroxylation sites is 1. The minimum absolute atomic E-state index is 0.204. The van der Waals surface area contributed by atoms with Gasteiger partial charge in [-0.3, -0.25) is 18.9 Å². The zero-order valence-corrected chi connectivity index (χ0v) is 15.6. The van der Waals surface area contributed by atoms with Gasteiger partial charge in [-0.15, -0.1) is 6.42 Å². The Hall–Kier alpha value is -2.74. The number of rotatable bonds is 6. The molecule has 0 amide bonds. The van der Waals surface area contributed by atoms with Crippen molar-refractivity contribution in [2.45, 2.75) is 23.8 Å². The fraction of sp³-hybridized carbons (Fsp3) is 0.294. The molecule has 0 bridgehead atoms. The second-order valence-corrected chi connectivity index (χ2v) is 7.09. The molecule has 1 aliphatic rings. The Morgan fingerprint density at radius 2 is 2.03 bits per heavy atom. The molecule has 2 heterocycles. The second kappa shape index (κ2) is 7.94. The van der Waals surface area contributed by atoms with Gasteiger partial charge in [0.05, 0.1) is 0 Å². The van der Waals surface area contributed by atoms with E-state index in [2.05, 4.69) is 0 Å². The predicted octanol–water partition coefficient (Wildman–Crippen LogP) is -0.0583. The highest BCUT2D eigenvalue weighted by atomic mass is 31.1. The number of hydrogen-bond donors (Lipinski definition) is 3. The molecule has 1 aliphatic heterocycles. The van der Waals surface area contributed by atoms with Gasteiger partial charge in [0.25, 0.3) is 11.4 Å². The standard InChI is InChI=1S/C17H16FN2O8P/c1-2-16(24)13(22)17(18,10-26-29(25)28-11-6-4-3-5-7-11)27-14(16)20-9-8-12(21)19-15(20)23/h1,3-9,13-14,22,24,29H,10H2,(H,19,21,23)/t13-,14+,16+,17+/m0/s1. The number of halogens is 1. The Bertz CT molecular complexity index is 1070. The van der Waals surface area contributed by atoms with E-state index in [4.69, 9.17) is 20.2 Å². The molecule has 1 aromatic heterocycles. The Labute approximate surface area is 163 Å². The number of alkyl halides is 1. The summed E-state index contributed by atoms with van der Waals surface area (Å²) in [7, 11) is -3.26. The zero-order chi connectivity index (χ0) is 21.2. The molecule has 10 nitrogen and oxygen atoms in total. The summed E-state index contributed by atoms with van der Waals surface area (Å²) in [6.07, 6.45) is 1.86. The lowest BCUT2D eigenvalue weighted by Gasteiger charge is -2.26. The normalized spacial score (nSPS) is 29.9. The Kier molecular flexibility index (Phi) is 5.75. The second-order valence-electron chi connectivity index (χ2n) is 6.10. The largest absolute Gasteiger partial charge is 0.426 e. The first kappa shape index (κ1) is 21.0. The van der Waals surface area contributed by atoms with E-state index < -0.39 is 49.9 Å². The lowest BCUT2D eigenvalue weighted by atomic mass is 9.94. The maximum absolute atomic E-state index is 15.2. The van der Waals surface area contributed by atoms with Crippen LogP contribution in [0.4, 0.5) is 4.39 Å². The molecular weight excluding hydrogens is 410 g/mol. The van der Waals surface area contributed by atoms with Crippen LogP contribution in [-0.4, -0.2) is 43.9 Å². The predicted molar refractivity (Wildman–Crippen MR) is 97.1 cm³/mol. The van der Waals surface area contributed by atoms with Crippen LogP contribution < -0.4 is 15.8 Å². The number of aliphatic hydroxyl groups excluding tert-OH is 1. The molecule has 1 fully saturated rings. The van der Waals surface area contributed by atoms with Crippen LogP contribution in [0.2, 0.25) is 0 Å². The van der Waals surface area contributed by atoms with Crippen LogP contribution in [0.15, 0.2) is 52.2 Å². The van der Waals surface area contributed by atoms with Crippen LogP contribution in [0.5, 0.6) is 5.75 Å². The summed E-state index contributed by atoms with van der Waals surface area (Å²) in [6.45, 7) is -1.13. The van der Waals surface area contributed by atoms with E-state index in [0.29, 0.717) is 4.57 Å². The molecule has 1 aromatic carbocycles. The van der Waals surface area contributed by atoms with Gasteiger partial charge in [0.2, 0.25) is 5.60 Å². The van der Waals surface area contributed by atoms with Crippen molar-refractivity contribution in [3.05, 3.63) is 63.4 Å². The highest BCUT2D eigenvalue weighted by Gasteiger charge is 2.65. The molecular formula is C17H16FN2O8P. The summed E-state index contributed by atoms with van der Waals surface area (Å²) in [5.74, 6) is -1.14. The van der Waals surface area contributed by atoms with Gasteiger partial charge in [0.15, 0.2) is 12.3 Å². The molecule has 3 rings (SSSR count). The fourth-order valence-corrected chi connectivity index (χ4v) is 3.42. The van der Waals surface area contributed by atoms with Gasteiger partial charge in [-0.2, -0.15) is 0 Å². The van der Waals surface area contributed by atoms with Crippen molar-refractivity contribution in [1.82, 2.24) is 9.55 Å². The monoisotopic (exact) mass is 426 g/mol. The molecule has 154 valence electrons. The number of ether oxygens (including phenoxy) is 1. The fourth-order valence-electron chi connectivity index (χ4n) is 2.72. The molecule has 3 N–H and O–H groups in total. The highest BCUT2D eigenvalue weighted by Crippen LogP contribution is 2.45. The third-order valence-corrected chi connectivity index (χ3v) is 4.96. The molecule has 0 aliphatic carbocycles. The van der Waals surface area contributed by atoms with Gasteiger partial charge in [-0.25, -0.2) is 13.8 Å². The van der Waals surface area contributed by atoms with Crippen LogP contribution in [0.3, 0.4) is 0 Å². The Balaban J connectivity index is 1.80. The van der Waals surface area contributed by atoms with E-state index in [1.807, 2.05) is 4.98 Å². The third-order valence-electron chi connectivity index (χ3n) is 4.18. The number of nitrogens with zero attached hydrogens (tertiary/aromatic N) is 1. The number of nitrogens with one attached hydrogen (secondary N) is 1. The van der Waals surface area contributed by atoms with Crippen molar-refractivity contribution in [3.8, 4) is 18.1 Å². The van der Waals surface area contributed by atoms with E-state index in [9.17, 15) is 24.4 Å². The van der Waals surface area contributed by atoms with Crippen LogP contribution in [0.1, 0.15) is 6.23 Å². The first-order chi connectivity index (χ1) is 13.7. The lowest BCUT2D eigenvalue weighted by molar-refractivity contribution is -0.203. The number of aliphatic hydroxyl groups is 2. The topological polar surface area (TPSA) is 140 Å². The molecule has 1 saturated heterocycles. The minimum atomic E-state index is -3.26. The maximum Gasteiger partial charge on any atom is 0.368 e. The van der Waals surface area contributed by atoms with Crippen LogP contribution in [0, 0.1) is 12.3 Å². The van der Waals surface area contributed by atoms with Crippen LogP contribution in [0.25, 0.3) is 0 Å². The van der Waals surface area contributed by atoms with E-state index in [1.54, 1.807) is 24.1 Å². The maximum atomic E-state index is 15.2. The summed E-state index contributed by atoms with van der Waals surface area (Å²) in [6, 6.07) is 8.83. The molecule has 0 radical (unpaired) electrons. The average molecular weight is 426 g/mol. The summed E-state index contributed by atoms with van der Waals surface area (Å²) >= 11 is 0. The van der Waals surface area contributed by atoms with E-state index in [-0.39, 0.29) is 5.75 Å². The SMILES string of the molecule is C#C[C@]1(O)[C@H](n2ccc(=O)[nH]c2=O)O[C@](F)(CO[PH](=O)Oc2ccccc2)[C@H]1O. The zero-order valence-electron chi connectivity index (χ0n) is 14.6. The highest BCUT2D eigenvalue weighted by molar-refractivity contribution is 7.33. The molecule has 0 spiro atoms. The van der Waals surface area contributed by atoms with E-state index in [0.717, 1.165) is 12.3 Å². The number of H-pyrrole nitrogens is 1. The molecule has 0 saturated carbocycles. The van der Waals surface area contributed by atoms with Crippen molar-refractivity contribution in [2.75, 3.05) is 6.61 Å². The van der Waals surface area contributed by atoms with Crippen molar-refractivity contribution in [2.24, 2.45) is 0 Å². The van der Waals surface area contributed by atoms with Gasteiger partial charge in [0, 0.05) is 12.3 Å². The van der Waals surface area contributed by atoms with Crippen molar-refractivity contribution in [1.29, 1.82) is 0 Å². The summed E-state index contributed by atoms with van der Waals surface area (Å²) in [4.78, 5) is 25.1. The van der Waals surface area contributed by atoms with Crippen molar-refractivity contribution in [3.63, 3.8) is 0 Å². The Morgan fingerprint density at radius 1 is 1.34 bits per heavy atom. The van der Waals surface area contributed by atoms with E-state index in [1.165, 1.54) is 12.1 Å². The van der Waals surface area contributed by atoms with Gasteiger partial charge in [-0.05, 0) is 12.1 Å². The van der Waals surface area contributed by atoms with Crippen molar-refractivity contribution < 1.29 is 33.0 Å². The lowest BCUT2D eigenvalue weighted by Crippen LogP contribution is -2.51. The quantitative estimate of drug-likeness (QED) is 0.431. The average Bonchev–Trinajstić information content (AvgIpc) is 2.89. The first-order valence-electron chi connectivity index (χ1n) is 8.15.